The maximum Gasteiger partial charge on any atom is 0.417 e. The van der Waals surface area contributed by atoms with E-state index in [2.05, 4.69) is 15.2 Å². The van der Waals surface area contributed by atoms with E-state index in [1.54, 1.807) is 4.90 Å². The molecule has 1 aromatic carbocycles. The molecule has 2 fully saturated rings. The number of carbonyl (C=O) groups excluding carboxylic acids is 1. The minimum absolute atomic E-state index is 0.112. The van der Waals surface area contributed by atoms with Gasteiger partial charge in [-0.2, -0.15) is 13.2 Å². The molecule has 0 radical (unpaired) electrons. The summed E-state index contributed by atoms with van der Waals surface area (Å²) >= 11 is 12.7. The molecule has 11 heteroatoms. The lowest BCUT2D eigenvalue weighted by molar-refractivity contribution is -0.137. The average Bonchev–Trinajstić information content (AvgIpc) is 3.34. The van der Waals surface area contributed by atoms with Crippen molar-refractivity contribution in [3.05, 3.63) is 62.9 Å². The summed E-state index contributed by atoms with van der Waals surface area (Å²) in [7, 11) is 0. The number of fused-ring (bicyclic) bond motifs is 1. The quantitative estimate of drug-likeness (QED) is 0.562. The van der Waals surface area contributed by atoms with Crippen LogP contribution in [-0.4, -0.2) is 70.5 Å². The van der Waals surface area contributed by atoms with Crippen LogP contribution in [0.25, 0.3) is 0 Å². The van der Waals surface area contributed by atoms with Crippen molar-refractivity contribution >= 4 is 29.2 Å². The second-order valence-corrected chi connectivity index (χ2v) is 10.9. The Bertz CT molecular complexity index is 1120. The minimum atomic E-state index is -4.44. The fraction of sp³-hybridized carbons (Fsp3) is 0.538. The van der Waals surface area contributed by atoms with Gasteiger partial charge in [0.15, 0.2) is 0 Å². The molecule has 5 rings (SSSR count). The first-order chi connectivity index (χ1) is 17.7. The molecular formula is C26H30Cl2F3N5O. The molecule has 0 spiro atoms. The van der Waals surface area contributed by atoms with Crippen molar-refractivity contribution in [2.45, 2.75) is 57.0 Å². The Morgan fingerprint density at radius 2 is 1.73 bits per heavy atom. The summed E-state index contributed by atoms with van der Waals surface area (Å²) in [6.45, 7) is 4.49. The van der Waals surface area contributed by atoms with Crippen molar-refractivity contribution in [2.75, 3.05) is 32.7 Å². The van der Waals surface area contributed by atoms with Gasteiger partial charge in [-0.05, 0) is 56.1 Å². The van der Waals surface area contributed by atoms with E-state index in [1.807, 2.05) is 23.1 Å². The van der Waals surface area contributed by atoms with Gasteiger partial charge in [-0.1, -0.05) is 29.3 Å². The summed E-state index contributed by atoms with van der Waals surface area (Å²) in [5.41, 5.74) is 1.31. The number of carbonyl (C=O) groups is 1. The molecule has 3 aliphatic rings. The van der Waals surface area contributed by atoms with Gasteiger partial charge < -0.3 is 15.1 Å². The zero-order valence-corrected chi connectivity index (χ0v) is 21.9. The summed E-state index contributed by atoms with van der Waals surface area (Å²) in [5, 5.41) is 5.11. The molecule has 4 heterocycles. The number of nitrogens with zero attached hydrogens (tertiary/aromatic N) is 4. The van der Waals surface area contributed by atoms with E-state index < -0.39 is 11.7 Å². The molecule has 0 bridgehead atoms. The summed E-state index contributed by atoms with van der Waals surface area (Å²) in [5.74, 6) is 0. The Balaban J connectivity index is 1.10. The number of hydrogen-bond donors (Lipinski definition) is 1. The SMILES string of the molecule is O=C(N1CCc2ncc(C(F)(F)F)cc2C1)N1CCC(NC2CCN(Cc3c(Cl)cccc3Cl)CC2)C1. The van der Waals surface area contributed by atoms with Gasteiger partial charge in [-0.15, -0.1) is 0 Å². The van der Waals surface area contributed by atoms with E-state index in [-0.39, 0.29) is 18.6 Å². The van der Waals surface area contributed by atoms with Crippen molar-refractivity contribution in [2.24, 2.45) is 0 Å². The number of benzene rings is 1. The van der Waals surface area contributed by atoms with Crippen LogP contribution in [0.5, 0.6) is 0 Å². The second kappa shape index (κ2) is 11.0. The van der Waals surface area contributed by atoms with Gasteiger partial charge in [-0.3, -0.25) is 9.88 Å². The normalized spacial score (nSPS) is 21.4. The van der Waals surface area contributed by atoms with E-state index in [4.69, 9.17) is 23.2 Å². The molecule has 1 N–H and O–H groups in total. The standard InChI is InChI=1S/C26H30Cl2F3N5O/c27-22-2-1-3-23(28)21(22)16-34-8-4-19(5-9-34)33-20-6-10-36(15-20)25(37)35-11-7-24-17(14-35)12-18(13-32-24)26(29,30)31/h1-3,12-13,19-20,33H,4-11,14-16H2. The molecule has 3 aliphatic heterocycles. The predicted molar refractivity (Wildman–Crippen MR) is 137 cm³/mol. The first-order valence-electron chi connectivity index (χ1n) is 12.7. The largest absolute Gasteiger partial charge is 0.417 e. The fourth-order valence-corrected chi connectivity index (χ4v) is 6.03. The molecule has 200 valence electrons. The van der Waals surface area contributed by atoms with Crippen LogP contribution >= 0.6 is 23.2 Å². The molecule has 0 aliphatic carbocycles. The van der Waals surface area contributed by atoms with Crippen LogP contribution in [0.4, 0.5) is 18.0 Å². The number of rotatable bonds is 4. The number of amides is 2. The van der Waals surface area contributed by atoms with Crippen molar-refractivity contribution < 1.29 is 18.0 Å². The lowest BCUT2D eigenvalue weighted by atomic mass is 10.0. The third-order valence-electron chi connectivity index (χ3n) is 7.60. The van der Waals surface area contributed by atoms with Gasteiger partial charge in [0, 0.05) is 78.7 Å². The van der Waals surface area contributed by atoms with Crippen LogP contribution < -0.4 is 5.32 Å². The third kappa shape index (κ3) is 6.16. The van der Waals surface area contributed by atoms with Crippen LogP contribution in [0, 0.1) is 0 Å². The molecule has 37 heavy (non-hydrogen) atoms. The van der Waals surface area contributed by atoms with Gasteiger partial charge in [-0.25, -0.2) is 4.79 Å². The highest BCUT2D eigenvalue weighted by atomic mass is 35.5. The van der Waals surface area contributed by atoms with Crippen molar-refractivity contribution in [1.29, 1.82) is 0 Å². The molecular weight excluding hydrogens is 526 g/mol. The Hall–Kier alpha value is -2.07. The highest BCUT2D eigenvalue weighted by molar-refractivity contribution is 6.35. The number of piperidine rings is 1. The predicted octanol–water partition coefficient (Wildman–Crippen LogP) is 5.21. The van der Waals surface area contributed by atoms with Gasteiger partial charge in [0.05, 0.1) is 5.56 Å². The van der Waals surface area contributed by atoms with Crippen LogP contribution in [0.2, 0.25) is 10.0 Å². The fourth-order valence-electron chi connectivity index (χ4n) is 5.51. The summed E-state index contributed by atoms with van der Waals surface area (Å²) in [4.78, 5) is 23.0. The van der Waals surface area contributed by atoms with Gasteiger partial charge >= 0.3 is 12.2 Å². The lowest BCUT2D eigenvalue weighted by Gasteiger charge is -2.34. The van der Waals surface area contributed by atoms with Crippen molar-refractivity contribution in [3.8, 4) is 0 Å². The van der Waals surface area contributed by atoms with E-state index in [0.717, 1.165) is 56.7 Å². The number of nitrogens with one attached hydrogen (secondary N) is 1. The van der Waals surface area contributed by atoms with Crippen molar-refractivity contribution in [3.63, 3.8) is 0 Å². The molecule has 1 aromatic heterocycles. The second-order valence-electron chi connectivity index (χ2n) is 10.1. The highest BCUT2D eigenvalue weighted by Crippen LogP contribution is 2.31. The highest BCUT2D eigenvalue weighted by Gasteiger charge is 2.35. The first kappa shape index (κ1) is 26.5. The maximum atomic E-state index is 13.2. The van der Waals surface area contributed by atoms with E-state index in [9.17, 15) is 18.0 Å². The Morgan fingerprint density at radius 3 is 2.43 bits per heavy atom. The number of likely N-dealkylation sites (tertiary alicyclic amines) is 2. The number of halogens is 5. The molecule has 2 saturated heterocycles. The van der Waals surface area contributed by atoms with Crippen LogP contribution in [-0.2, 0) is 25.7 Å². The monoisotopic (exact) mass is 555 g/mol. The van der Waals surface area contributed by atoms with E-state index in [1.165, 1.54) is 0 Å². The molecule has 1 unspecified atom stereocenters. The summed E-state index contributed by atoms with van der Waals surface area (Å²) in [6, 6.07) is 7.19. The lowest BCUT2D eigenvalue weighted by Crippen LogP contribution is -2.48. The number of hydrogen-bond acceptors (Lipinski definition) is 4. The van der Waals surface area contributed by atoms with Crippen molar-refractivity contribution in [1.82, 2.24) is 25.0 Å². The minimum Gasteiger partial charge on any atom is -0.323 e. The Kier molecular flexibility index (Phi) is 7.86. The van der Waals surface area contributed by atoms with Crippen LogP contribution in [0.3, 0.4) is 0 Å². The smallest absolute Gasteiger partial charge is 0.323 e. The number of pyridine rings is 1. The Labute approximate surface area is 224 Å². The van der Waals surface area contributed by atoms with Gasteiger partial charge in [0.1, 0.15) is 0 Å². The van der Waals surface area contributed by atoms with E-state index >= 15 is 0 Å². The maximum absolute atomic E-state index is 13.2. The molecule has 6 nitrogen and oxygen atoms in total. The molecule has 1 atom stereocenters. The topological polar surface area (TPSA) is 51.7 Å². The molecule has 2 aromatic rings. The number of alkyl halides is 3. The first-order valence-corrected chi connectivity index (χ1v) is 13.4. The zero-order valence-electron chi connectivity index (χ0n) is 20.4. The molecule has 2 amide bonds. The van der Waals surface area contributed by atoms with Gasteiger partial charge in [0.2, 0.25) is 0 Å². The van der Waals surface area contributed by atoms with Crippen LogP contribution in [0.15, 0.2) is 30.5 Å². The summed E-state index contributed by atoms with van der Waals surface area (Å²) in [6.07, 6.45) is -0.227. The van der Waals surface area contributed by atoms with E-state index in [0.29, 0.717) is 53.4 Å². The van der Waals surface area contributed by atoms with Crippen LogP contribution in [0.1, 0.15) is 41.6 Å². The number of urea groups is 1. The number of aromatic nitrogens is 1. The Morgan fingerprint density at radius 1 is 1.03 bits per heavy atom. The third-order valence-corrected chi connectivity index (χ3v) is 8.31. The zero-order chi connectivity index (χ0) is 26.2. The molecule has 0 saturated carbocycles. The van der Waals surface area contributed by atoms with Gasteiger partial charge in [0.25, 0.3) is 0 Å². The average molecular weight is 556 g/mol. The summed E-state index contributed by atoms with van der Waals surface area (Å²) < 4.78 is 39.3.